The summed E-state index contributed by atoms with van der Waals surface area (Å²) in [5, 5.41) is 10.1. The minimum absolute atomic E-state index is 0.0370. The van der Waals surface area contributed by atoms with E-state index in [2.05, 4.69) is 20.7 Å². The van der Waals surface area contributed by atoms with E-state index >= 15 is 0 Å². The van der Waals surface area contributed by atoms with Crippen LogP contribution in [0.1, 0.15) is 17.9 Å². The number of hydrogen-bond donors (Lipinski definition) is 2. The predicted octanol–water partition coefficient (Wildman–Crippen LogP) is 1.35. The Bertz CT molecular complexity index is 607. The number of rotatable bonds is 2. The quantitative estimate of drug-likeness (QED) is 0.852. The lowest BCUT2D eigenvalue weighted by atomic mass is 9.90. The van der Waals surface area contributed by atoms with Gasteiger partial charge in [-0.2, -0.15) is 10.1 Å². The number of para-hydroxylation sites is 1. The second kappa shape index (κ2) is 4.72. The number of carbonyl (C=O) groups is 1. The van der Waals surface area contributed by atoms with Gasteiger partial charge in [-0.15, -0.1) is 0 Å². The number of carbonyl (C=O) groups excluding carboxylic acids is 1. The maximum atomic E-state index is 12.4. The molecule has 1 unspecified atom stereocenters. The first-order valence-corrected chi connectivity index (χ1v) is 6.23. The molecule has 6 nitrogen and oxygen atoms in total. The van der Waals surface area contributed by atoms with Crippen LogP contribution in [0.3, 0.4) is 0 Å². The molecular formula is C13H15N5O. The van der Waals surface area contributed by atoms with E-state index in [9.17, 15) is 4.79 Å². The summed E-state index contributed by atoms with van der Waals surface area (Å²) in [4.78, 5) is 16.4. The molecule has 0 aliphatic carbocycles. The largest absolute Gasteiger partial charge is 0.385 e. The summed E-state index contributed by atoms with van der Waals surface area (Å²) >= 11 is 0. The number of hydrogen-bond acceptors (Lipinski definition) is 4. The van der Waals surface area contributed by atoms with E-state index in [1.807, 2.05) is 24.3 Å². The smallest absolute Gasteiger partial charge is 0.234 e. The van der Waals surface area contributed by atoms with Gasteiger partial charge in [0.1, 0.15) is 6.33 Å². The molecule has 2 heterocycles. The van der Waals surface area contributed by atoms with Crippen LogP contribution in [0.5, 0.6) is 0 Å². The molecule has 0 radical (unpaired) electrons. The number of amides is 1. The van der Waals surface area contributed by atoms with Crippen LogP contribution < -0.4 is 10.6 Å². The Kier molecular flexibility index (Phi) is 2.91. The summed E-state index contributed by atoms with van der Waals surface area (Å²) in [6, 6.07) is 7.91. The molecule has 0 saturated heterocycles. The van der Waals surface area contributed by atoms with Crippen molar-refractivity contribution in [3.63, 3.8) is 0 Å². The Morgan fingerprint density at radius 2 is 2.32 bits per heavy atom. The van der Waals surface area contributed by atoms with Crippen molar-refractivity contribution in [3.8, 4) is 0 Å². The number of anilines is 2. The first-order valence-electron chi connectivity index (χ1n) is 6.23. The van der Waals surface area contributed by atoms with E-state index in [1.54, 1.807) is 11.7 Å². The molecule has 0 spiro atoms. The van der Waals surface area contributed by atoms with Crippen molar-refractivity contribution in [3.05, 3.63) is 36.2 Å². The van der Waals surface area contributed by atoms with Gasteiger partial charge in [0.2, 0.25) is 11.9 Å². The third kappa shape index (κ3) is 2.16. The molecule has 1 aliphatic heterocycles. The molecule has 3 rings (SSSR count). The van der Waals surface area contributed by atoms with E-state index in [0.717, 1.165) is 24.2 Å². The average molecular weight is 257 g/mol. The number of benzene rings is 1. The SMILES string of the molecule is Cn1ncnc1NC(=O)C1CCNc2ccccc21. The van der Waals surface area contributed by atoms with Gasteiger partial charge in [-0.05, 0) is 18.1 Å². The molecule has 0 bridgehead atoms. The second-order valence-corrected chi connectivity index (χ2v) is 4.55. The van der Waals surface area contributed by atoms with Gasteiger partial charge in [-0.25, -0.2) is 4.68 Å². The van der Waals surface area contributed by atoms with Crippen molar-refractivity contribution in [1.29, 1.82) is 0 Å². The third-order valence-electron chi connectivity index (χ3n) is 3.35. The number of fused-ring (bicyclic) bond motifs is 1. The van der Waals surface area contributed by atoms with E-state index in [0.29, 0.717) is 5.95 Å². The zero-order chi connectivity index (χ0) is 13.2. The van der Waals surface area contributed by atoms with Gasteiger partial charge in [0.15, 0.2) is 0 Å². The molecule has 6 heteroatoms. The minimum Gasteiger partial charge on any atom is -0.385 e. The van der Waals surface area contributed by atoms with Gasteiger partial charge in [0, 0.05) is 19.3 Å². The third-order valence-corrected chi connectivity index (χ3v) is 3.35. The maximum absolute atomic E-state index is 12.4. The van der Waals surface area contributed by atoms with Gasteiger partial charge in [-0.3, -0.25) is 10.1 Å². The zero-order valence-electron chi connectivity index (χ0n) is 10.6. The lowest BCUT2D eigenvalue weighted by molar-refractivity contribution is -0.117. The lowest BCUT2D eigenvalue weighted by Crippen LogP contribution is -2.28. The highest BCUT2D eigenvalue weighted by molar-refractivity contribution is 5.96. The van der Waals surface area contributed by atoms with Crippen LogP contribution in [-0.2, 0) is 11.8 Å². The zero-order valence-corrected chi connectivity index (χ0v) is 10.6. The molecule has 0 saturated carbocycles. The van der Waals surface area contributed by atoms with Crippen molar-refractivity contribution >= 4 is 17.5 Å². The molecular weight excluding hydrogens is 242 g/mol. The van der Waals surface area contributed by atoms with Gasteiger partial charge in [0.25, 0.3) is 0 Å². The first kappa shape index (κ1) is 11.7. The van der Waals surface area contributed by atoms with E-state index in [1.165, 1.54) is 6.33 Å². The summed E-state index contributed by atoms with van der Waals surface area (Å²) in [5.41, 5.74) is 2.07. The normalized spacial score (nSPS) is 17.4. The van der Waals surface area contributed by atoms with Crippen LogP contribution in [0.15, 0.2) is 30.6 Å². The topological polar surface area (TPSA) is 71.8 Å². The van der Waals surface area contributed by atoms with Crippen LogP contribution in [-0.4, -0.2) is 27.2 Å². The molecule has 98 valence electrons. The highest BCUT2D eigenvalue weighted by Crippen LogP contribution is 2.31. The van der Waals surface area contributed by atoms with E-state index in [4.69, 9.17) is 0 Å². The average Bonchev–Trinajstić information content (AvgIpc) is 2.83. The highest BCUT2D eigenvalue weighted by Gasteiger charge is 2.26. The number of nitrogens with zero attached hydrogens (tertiary/aromatic N) is 3. The Morgan fingerprint density at radius 1 is 1.47 bits per heavy atom. The highest BCUT2D eigenvalue weighted by atomic mass is 16.2. The summed E-state index contributed by atoms with van der Waals surface area (Å²) in [7, 11) is 1.75. The molecule has 1 aliphatic rings. The van der Waals surface area contributed by atoms with E-state index in [-0.39, 0.29) is 11.8 Å². The van der Waals surface area contributed by atoms with Crippen molar-refractivity contribution in [1.82, 2.24) is 14.8 Å². The Hall–Kier alpha value is -2.37. The van der Waals surface area contributed by atoms with E-state index < -0.39 is 0 Å². The van der Waals surface area contributed by atoms with Crippen LogP contribution in [0.4, 0.5) is 11.6 Å². The Labute approximate surface area is 110 Å². The summed E-state index contributed by atoms with van der Waals surface area (Å²) in [5.74, 6) is 0.292. The van der Waals surface area contributed by atoms with Gasteiger partial charge < -0.3 is 5.32 Å². The molecule has 1 atom stereocenters. The van der Waals surface area contributed by atoms with Crippen molar-refractivity contribution in [2.24, 2.45) is 7.05 Å². The molecule has 2 aromatic rings. The molecule has 1 aromatic heterocycles. The standard InChI is InChI=1S/C13H15N5O/c1-18-13(15-8-16-18)17-12(19)10-6-7-14-11-5-3-2-4-9(10)11/h2-5,8,10,14H,6-7H2,1H3,(H,15,16,17,19). The summed E-state index contributed by atoms with van der Waals surface area (Å²) < 4.78 is 1.55. The van der Waals surface area contributed by atoms with Crippen LogP contribution >= 0.6 is 0 Å². The predicted molar refractivity (Wildman–Crippen MR) is 71.9 cm³/mol. The summed E-state index contributed by atoms with van der Waals surface area (Å²) in [6.07, 6.45) is 2.20. The van der Waals surface area contributed by atoms with Crippen LogP contribution in [0.2, 0.25) is 0 Å². The van der Waals surface area contributed by atoms with Crippen LogP contribution in [0, 0.1) is 0 Å². The second-order valence-electron chi connectivity index (χ2n) is 4.55. The monoisotopic (exact) mass is 257 g/mol. The molecule has 0 fully saturated rings. The fraction of sp³-hybridized carbons (Fsp3) is 0.308. The molecule has 2 N–H and O–H groups in total. The molecule has 1 amide bonds. The fourth-order valence-corrected chi connectivity index (χ4v) is 2.35. The number of nitrogens with one attached hydrogen (secondary N) is 2. The van der Waals surface area contributed by atoms with Crippen molar-refractivity contribution in [2.75, 3.05) is 17.2 Å². The van der Waals surface area contributed by atoms with Gasteiger partial charge >= 0.3 is 0 Å². The summed E-state index contributed by atoms with van der Waals surface area (Å²) in [6.45, 7) is 0.800. The van der Waals surface area contributed by atoms with Crippen LogP contribution in [0.25, 0.3) is 0 Å². The maximum Gasteiger partial charge on any atom is 0.234 e. The van der Waals surface area contributed by atoms with Gasteiger partial charge in [-0.1, -0.05) is 18.2 Å². The Balaban J connectivity index is 1.84. The number of aryl methyl sites for hydroxylation is 1. The Morgan fingerprint density at radius 3 is 3.11 bits per heavy atom. The minimum atomic E-state index is -0.144. The fourth-order valence-electron chi connectivity index (χ4n) is 2.35. The molecule has 19 heavy (non-hydrogen) atoms. The number of aromatic nitrogens is 3. The van der Waals surface area contributed by atoms with Crippen molar-refractivity contribution < 1.29 is 4.79 Å². The molecule has 1 aromatic carbocycles. The lowest BCUT2D eigenvalue weighted by Gasteiger charge is -2.25. The van der Waals surface area contributed by atoms with Crippen molar-refractivity contribution in [2.45, 2.75) is 12.3 Å². The van der Waals surface area contributed by atoms with Gasteiger partial charge in [0.05, 0.1) is 5.92 Å². The first-order chi connectivity index (χ1) is 9.25.